The third kappa shape index (κ3) is 2.80. The molecule has 2 aromatic rings. The lowest BCUT2D eigenvalue weighted by Gasteiger charge is -2.13. The van der Waals surface area contributed by atoms with E-state index in [9.17, 15) is 18.0 Å². The molecule has 104 valence electrons. The first-order valence-electron chi connectivity index (χ1n) is 5.71. The van der Waals surface area contributed by atoms with Crippen molar-refractivity contribution in [2.24, 2.45) is 5.84 Å². The number of carbonyl (C=O) groups excluding carboxylic acids is 1. The number of nitrogens with one attached hydrogen (secondary N) is 1. The first kappa shape index (κ1) is 14.1. The van der Waals surface area contributed by atoms with E-state index < -0.39 is 17.5 Å². The Morgan fingerprint density at radius 1 is 1.00 bits per heavy atom. The number of rotatable bonds is 3. The summed E-state index contributed by atoms with van der Waals surface area (Å²) in [7, 11) is 0. The summed E-state index contributed by atoms with van der Waals surface area (Å²) in [6.45, 7) is 0. The van der Waals surface area contributed by atoms with E-state index in [-0.39, 0.29) is 11.3 Å². The standard InChI is InChI=1S/C14H11F3N2O/c15-14(16,17)11-8-10(6-7-12(11)19-18)13(20)9-4-2-1-3-5-9/h1-8,19H,18H2. The highest BCUT2D eigenvalue weighted by molar-refractivity contribution is 6.09. The zero-order valence-electron chi connectivity index (χ0n) is 10.2. The van der Waals surface area contributed by atoms with Crippen molar-refractivity contribution in [3.63, 3.8) is 0 Å². The van der Waals surface area contributed by atoms with Crippen molar-refractivity contribution >= 4 is 11.5 Å². The minimum Gasteiger partial charge on any atom is -0.324 e. The second kappa shape index (κ2) is 5.34. The van der Waals surface area contributed by atoms with Crippen LogP contribution in [0, 0.1) is 0 Å². The largest absolute Gasteiger partial charge is 0.418 e. The zero-order chi connectivity index (χ0) is 14.8. The summed E-state index contributed by atoms with van der Waals surface area (Å²) in [6, 6.07) is 11.3. The van der Waals surface area contributed by atoms with Gasteiger partial charge in [0.2, 0.25) is 0 Å². The molecule has 0 fully saturated rings. The molecule has 0 saturated heterocycles. The molecule has 0 amide bonds. The second-order valence-corrected chi connectivity index (χ2v) is 4.10. The fourth-order valence-corrected chi connectivity index (χ4v) is 1.80. The van der Waals surface area contributed by atoms with E-state index in [1.54, 1.807) is 30.3 Å². The van der Waals surface area contributed by atoms with E-state index >= 15 is 0 Å². The van der Waals surface area contributed by atoms with Crippen LogP contribution in [0.3, 0.4) is 0 Å². The average Bonchev–Trinajstić information content (AvgIpc) is 2.46. The minimum absolute atomic E-state index is 0.0393. The van der Waals surface area contributed by atoms with E-state index in [1.807, 2.05) is 5.43 Å². The number of halogens is 3. The highest BCUT2D eigenvalue weighted by Gasteiger charge is 2.34. The molecule has 2 rings (SSSR count). The molecule has 0 aliphatic carbocycles. The molecule has 0 aromatic heterocycles. The van der Waals surface area contributed by atoms with Crippen molar-refractivity contribution in [1.29, 1.82) is 0 Å². The van der Waals surface area contributed by atoms with Gasteiger partial charge < -0.3 is 5.43 Å². The fourth-order valence-electron chi connectivity index (χ4n) is 1.80. The predicted octanol–water partition coefficient (Wildman–Crippen LogP) is 3.22. The normalized spacial score (nSPS) is 11.2. The van der Waals surface area contributed by atoms with Crippen molar-refractivity contribution in [1.82, 2.24) is 0 Å². The SMILES string of the molecule is NNc1ccc(C(=O)c2ccccc2)cc1C(F)(F)F. The van der Waals surface area contributed by atoms with Crippen molar-refractivity contribution in [2.75, 3.05) is 5.43 Å². The van der Waals surface area contributed by atoms with Crippen LogP contribution in [0.4, 0.5) is 18.9 Å². The Morgan fingerprint density at radius 2 is 1.65 bits per heavy atom. The summed E-state index contributed by atoms with van der Waals surface area (Å²) >= 11 is 0. The highest BCUT2D eigenvalue weighted by Crippen LogP contribution is 2.35. The number of carbonyl (C=O) groups is 1. The summed E-state index contributed by atoms with van der Waals surface area (Å²) < 4.78 is 38.6. The minimum atomic E-state index is -4.59. The molecule has 3 nitrogen and oxygen atoms in total. The van der Waals surface area contributed by atoms with Gasteiger partial charge in [0.15, 0.2) is 5.78 Å². The van der Waals surface area contributed by atoms with Gasteiger partial charge in [-0.2, -0.15) is 13.2 Å². The lowest BCUT2D eigenvalue weighted by Crippen LogP contribution is -2.16. The maximum absolute atomic E-state index is 12.9. The molecule has 0 aliphatic heterocycles. The van der Waals surface area contributed by atoms with E-state index in [2.05, 4.69) is 0 Å². The molecule has 0 saturated carbocycles. The maximum atomic E-state index is 12.9. The van der Waals surface area contributed by atoms with Crippen LogP contribution >= 0.6 is 0 Å². The van der Waals surface area contributed by atoms with Crippen LogP contribution < -0.4 is 11.3 Å². The van der Waals surface area contributed by atoms with Crippen molar-refractivity contribution in [3.05, 3.63) is 65.2 Å². The number of hydrogen-bond acceptors (Lipinski definition) is 3. The Balaban J connectivity index is 2.47. The Morgan fingerprint density at radius 3 is 2.20 bits per heavy atom. The van der Waals surface area contributed by atoms with Gasteiger partial charge in [-0.05, 0) is 18.2 Å². The third-order valence-electron chi connectivity index (χ3n) is 2.78. The topological polar surface area (TPSA) is 55.1 Å². The quantitative estimate of drug-likeness (QED) is 0.515. The lowest BCUT2D eigenvalue weighted by molar-refractivity contribution is -0.137. The lowest BCUT2D eigenvalue weighted by atomic mass is 10.00. The summed E-state index contributed by atoms with van der Waals surface area (Å²) in [5.41, 5.74) is 1.02. The number of nitrogens with two attached hydrogens (primary N) is 1. The van der Waals surface area contributed by atoms with Gasteiger partial charge in [-0.15, -0.1) is 0 Å². The van der Waals surface area contributed by atoms with E-state index in [0.29, 0.717) is 5.56 Å². The van der Waals surface area contributed by atoms with Crippen LogP contribution in [0.15, 0.2) is 48.5 Å². The number of nitrogen functional groups attached to an aromatic ring is 1. The van der Waals surface area contributed by atoms with Gasteiger partial charge in [-0.1, -0.05) is 30.3 Å². The molecule has 0 heterocycles. The summed E-state index contributed by atoms with van der Waals surface area (Å²) in [4.78, 5) is 12.1. The van der Waals surface area contributed by atoms with E-state index in [0.717, 1.165) is 12.1 Å². The maximum Gasteiger partial charge on any atom is 0.418 e. The average molecular weight is 280 g/mol. The first-order valence-corrected chi connectivity index (χ1v) is 5.71. The van der Waals surface area contributed by atoms with Crippen LogP contribution in [0.5, 0.6) is 0 Å². The molecule has 0 bridgehead atoms. The predicted molar refractivity (Wildman–Crippen MR) is 69.1 cm³/mol. The fraction of sp³-hybridized carbons (Fsp3) is 0.0714. The number of benzene rings is 2. The number of alkyl halides is 3. The molecule has 0 radical (unpaired) electrons. The van der Waals surface area contributed by atoms with Crippen molar-refractivity contribution in [2.45, 2.75) is 6.18 Å². The third-order valence-corrected chi connectivity index (χ3v) is 2.78. The van der Waals surface area contributed by atoms with Gasteiger partial charge in [-0.25, -0.2) is 0 Å². The van der Waals surface area contributed by atoms with E-state index in [4.69, 9.17) is 5.84 Å². The highest BCUT2D eigenvalue weighted by atomic mass is 19.4. The number of hydrazine groups is 1. The Bertz CT molecular complexity index is 624. The van der Waals surface area contributed by atoms with Crippen LogP contribution in [-0.2, 0) is 6.18 Å². The number of hydrogen-bond donors (Lipinski definition) is 2. The monoisotopic (exact) mass is 280 g/mol. The molecule has 20 heavy (non-hydrogen) atoms. The van der Waals surface area contributed by atoms with Gasteiger partial charge in [-0.3, -0.25) is 10.6 Å². The molecule has 0 aliphatic rings. The number of anilines is 1. The first-order chi connectivity index (χ1) is 9.43. The van der Waals surface area contributed by atoms with Crippen LogP contribution in [0.1, 0.15) is 21.5 Å². The Labute approximate surface area is 113 Å². The summed E-state index contributed by atoms with van der Waals surface area (Å²) in [5.74, 6) is 4.58. The second-order valence-electron chi connectivity index (χ2n) is 4.10. The molecule has 6 heteroatoms. The zero-order valence-corrected chi connectivity index (χ0v) is 10.2. The van der Waals surface area contributed by atoms with Crippen molar-refractivity contribution < 1.29 is 18.0 Å². The summed E-state index contributed by atoms with van der Waals surface area (Å²) in [5, 5.41) is 0. The van der Waals surface area contributed by atoms with Crippen LogP contribution in [-0.4, -0.2) is 5.78 Å². The molecule has 0 atom stereocenters. The molecular formula is C14H11F3N2O. The Kier molecular flexibility index (Phi) is 3.76. The van der Waals surface area contributed by atoms with Crippen LogP contribution in [0.25, 0.3) is 0 Å². The van der Waals surface area contributed by atoms with Crippen molar-refractivity contribution in [3.8, 4) is 0 Å². The molecule has 0 unspecified atom stereocenters. The van der Waals surface area contributed by atoms with Gasteiger partial charge in [0.05, 0.1) is 11.3 Å². The number of ketones is 1. The Hall–Kier alpha value is -2.34. The summed E-state index contributed by atoms with van der Waals surface area (Å²) in [6.07, 6.45) is -4.59. The van der Waals surface area contributed by atoms with Crippen LogP contribution in [0.2, 0.25) is 0 Å². The van der Waals surface area contributed by atoms with Gasteiger partial charge >= 0.3 is 6.18 Å². The van der Waals surface area contributed by atoms with Gasteiger partial charge in [0.25, 0.3) is 0 Å². The molecule has 0 spiro atoms. The molecule has 2 aromatic carbocycles. The van der Waals surface area contributed by atoms with Gasteiger partial charge in [0, 0.05) is 11.1 Å². The smallest absolute Gasteiger partial charge is 0.324 e. The van der Waals surface area contributed by atoms with Gasteiger partial charge in [0.1, 0.15) is 0 Å². The molecular weight excluding hydrogens is 269 g/mol. The molecule has 3 N–H and O–H groups in total. The van der Waals surface area contributed by atoms with E-state index in [1.165, 1.54) is 6.07 Å².